The van der Waals surface area contributed by atoms with Gasteiger partial charge in [-0.1, -0.05) is 12.1 Å². The van der Waals surface area contributed by atoms with E-state index in [2.05, 4.69) is 43.2 Å². The molecule has 2 aromatic rings. The van der Waals surface area contributed by atoms with Gasteiger partial charge in [-0.15, -0.1) is 0 Å². The Morgan fingerprint density at radius 3 is 2.37 bits per heavy atom. The van der Waals surface area contributed by atoms with Crippen LogP contribution < -0.4 is 10.1 Å². The molecule has 0 radical (unpaired) electrons. The lowest BCUT2D eigenvalue weighted by Crippen LogP contribution is -2.34. The highest BCUT2D eigenvalue weighted by Crippen LogP contribution is 2.20. The highest BCUT2D eigenvalue weighted by atomic mass is 16.5. The lowest BCUT2D eigenvalue weighted by molar-refractivity contribution is 0.424. The molecule has 0 spiro atoms. The van der Waals surface area contributed by atoms with E-state index < -0.39 is 0 Å². The van der Waals surface area contributed by atoms with E-state index in [0.29, 0.717) is 0 Å². The van der Waals surface area contributed by atoms with Crippen LogP contribution in [-0.2, 0) is 6.54 Å². The molecule has 0 saturated heterocycles. The van der Waals surface area contributed by atoms with Gasteiger partial charge in [0.05, 0.1) is 6.20 Å². The maximum Gasteiger partial charge on any atom is 0.145 e. The Kier molecular flexibility index (Phi) is 4.17. The van der Waals surface area contributed by atoms with Crippen molar-refractivity contribution >= 4 is 0 Å². The van der Waals surface area contributed by atoms with Gasteiger partial charge in [0.2, 0.25) is 0 Å². The van der Waals surface area contributed by atoms with E-state index in [-0.39, 0.29) is 5.54 Å². The molecule has 0 aliphatic rings. The van der Waals surface area contributed by atoms with Gasteiger partial charge in [0, 0.05) is 18.3 Å². The fourth-order valence-corrected chi connectivity index (χ4v) is 1.59. The van der Waals surface area contributed by atoms with Crippen LogP contribution in [-0.4, -0.2) is 10.5 Å². The monoisotopic (exact) mass is 256 g/mol. The first kappa shape index (κ1) is 13.6. The predicted octanol–water partition coefficient (Wildman–Crippen LogP) is 3.76. The molecule has 2 rings (SSSR count). The van der Waals surface area contributed by atoms with Crippen LogP contribution in [0.3, 0.4) is 0 Å². The lowest BCUT2D eigenvalue weighted by atomic mass is 10.1. The number of ether oxygens (including phenoxy) is 1. The molecule has 0 unspecified atom stereocenters. The molecule has 0 atom stereocenters. The third kappa shape index (κ3) is 4.72. The van der Waals surface area contributed by atoms with Crippen molar-refractivity contribution < 1.29 is 4.74 Å². The molecular weight excluding hydrogens is 236 g/mol. The number of hydrogen-bond acceptors (Lipinski definition) is 3. The first-order valence-electron chi connectivity index (χ1n) is 6.45. The van der Waals surface area contributed by atoms with E-state index in [1.54, 1.807) is 12.4 Å². The van der Waals surface area contributed by atoms with Gasteiger partial charge in [-0.05, 0) is 50.6 Å². The number of nitrogens with one attached hydrogen (secondary N) is 1. The SMILES string of the molecule is CC(C)(C)NCc1ccc(Oc2cccnc2)cc1. The lowest BCUT2D eigenvalue weighted by Gasteiger charge is -2.20. The molecule has 0 aliphatic carbocycles. The van der Waals surface area contributed by atoms with Gasteiger partial charge in [0.15, 0.2) is 0 Å². The van der Waals surface area contributed by atoms with Crippen LogP contribution in [0.5, 0.6) is 11.5 Å². The predicted molar refractivity (Wildman–Crippen MR) is 77.3 cm³/mol. The van der Waals surface area contributed by atoms with Gasteiger partial charge in [-0.2, -0.15) is 0 Å². The largest absolute Gasteiger partial charge is 0.456 e. The van der Waals surface area contributed by atoms with E-state index in [1.807, 2.05) is 24.3 Å². The summed E-state index contributed by atoms with van der Waals surface area (Å²) in [7, 11) is 0. The summed E-state index contributed by atoms with van der Waals surface area (Å²) >= 11 is 0. The second-order valence-corrected chi connectivity index (χ2v) is 5.54. The van der Waals surface area contributed by atoms with E-state index in [1.165, 1.54) is 5.56 Å². The summed E-state index contributed by atoms with van der Waals surface area (Å²) < 4.78 is 5.70. The number of aromatic nitrogens is 1. The molecule has 0 saturated carbocycles. The zero-order valence-corrected chi connectivity index (χ0v) is 11.7. The maximum atomic E-state index is 5.70. The van der Waals surface area contributed by atoms with Crippen molar-refractivity contribution in [1.82, 2.24) is 10.3 Å². The molecule has 0 aliphatic heterocycles. The summed E-state index contributed by atoms with van der Waals surface area (Å²) in [5, 5.41) is 3.46. The molecule has 1 heterocycles. The summed E-state index contributed by atoms with van der Waals surface area (Å²) in [5.74, 6) is 1.58. The number of nitrogens with zero attached hydrogens (tertiary/aromatic N) is 1. The Morgan fingerprint density at radius 1 is 1.05 bits per heavy atom. The van der Waals surface area contributed by atoms with E-state index in [0.717, 1.165) is 18.0 Å². The van der Waals surface area contributed by atoms with Crippen molar-refractivity contribution in [2.75, 3.05) is 0 Å². The third-order valence-electron chi connectivity index (χ3n) is 2.62. The summed E-state index contributed by atoms with van der Waals surface area (Å²) in [6.07, 6.45) is 3.43. The number of rotatable bonds is 4. The van der Waals surface area contributed by atoms with Crippen LogP contribution in [0.1, 0.15) is 26.3 Å². The van der Waals surface area contributed by atoms with E-state index >= 15 is 0 Å². The summed E-state index contributed by atoms with van der Waals surface area (Å²) in [4.78, 5) is 4.02. The molecule has 0 amide bonds. The minimum Gasteiger partial charge on any atom is -0.456 e. The Morgan fingerprint density at radius 2 is 1.79 bits per heavy atom. The van der Waals surface area contributed by atoms with Crippen molar-refractivity contribution in [2.24, 2.45) is 0 Å². The van der Waals surface area contributed by atoms with Crippen LogP contribution in [0.25, 0.3) is 0 Å². The topological polar surface area (TPSA) is 34.1 Å². The zero-order valence-electron chi connectivity index (χ0n) is 11.7. The molecule has 0 fully saturated rings. The Balaban J connectivity index is 1.95. The average molecular weight is 256 g/mol. The van der Waals surface area contributed by atoms with Crippen LogP contribution in [0.4, 0.5) is 0 Å². The van der Waals surface area contributed by atoms with Crippen LogP contribution in [0, 0.1) is 0 Å². The standard InChI is InChI=1S/C16H20N2O/c1-16(2,3)18-11-13-6-8-14(9-7-13)19-15-5-4-10-17-12-15/h4-10,12,18H,11H2,1-3H3. The molecule has 3 heteroatoms. The van der Waals surface area contributed by atoms with Crippen LogP contribution in [0.2, 0.25) is 0 Å². The molecular formula is C16H20N2O. The molecule has 1 aromatic carbocycles. The Bertz CT molecular complexity index is 501. The van der Waals surface area contributed by atoms with Gasteiger partial charge in [-0.25, -0.2) is 0 Å². The molecule has 1 N–H and O–H groups in total. The van der Waals surface area contributed by atoms with Gasteiger partial charge in [0.1, 0.15) is 11.5 Å². The highest BCUT2D eigenvalue weighted by molar-refractivity contribution is 5.31. The van der Waals surface area contributed by atoms with Gasteiger partial charge in [0.25, 0.3) is 0 Å². The summed E-state index contributed by atoms with van der Waals surface area (Å²) in [6, 6.07) is 11.9. The number of hydrogen-bond donors (Lipinski definition) is 1. The zero-order chi connectivity index (χ0) is 13.7. The quantitative estimate of drug-likeness (QED) is 0.904. The van der Waals surface area contributed by atoms with Crippen molar-refractivity contribution in [1.29, 1.82) is 0 Å². The highest BCUT2D eigenvalue weighted by Gasteiger charge is 2.08. The average Bonchev–Trinajstić information content (AvgIpc) is 2.38. The smallest absolute Gasteiger partial charge is 0.145 e. The second-order valence-electron chi connectivity index (χ2n) is 5.54. The molecule has 19 heavy (non-hydrogen) atoms. The summed E-state index contributed by atoms with van der Waals surface area (Å²) in [6.45, 7) is 7.34. The Labute approximate surface area is 114 Å². The van der Waals surface area contributed by atoms with Gasteiger partial charge in [-0.3, -0.25) is 4.98 Å². The van der Waals surface area contributed by atoms with Crippen LogP contribution in [0.15, 0.2) is 48.8 Å². The second kappa shape index (κ2) is 5.85. The Hall–Kier alpha value is -1.87. The van der Waals surface area contributed by atoms with Crippen LogP contribution >= 0.6 is 0 Å². The first-order chi connectivity index (χ1) is 9.03. The molecule has 1 aromatic heterocycles. The van der Waals surface area contributed by atoms with Gasteiger partial charge < -0.3 is 10.1 Å². The fourth-order valence-electron chi connectivity index (χ4n) is 1.59. The minimum absolute atomic E-state index is 0.130. The van der Waals surface area contributed by atoms with Gasteiger partial charge >= 0.3 is 0 Å². The van der Waals surface area contributed by atoms with Crippen molar-refractivity contribution in [3.05, 3.63) is 54.4 Å². The normalized spacial score (nSPS) is 11.3. The van der Waals surface area contributed by atoms with E-state index in [4.69, 9.17) is 4.74 Å². The van der Waals surface area contributed by atoms with Crippen molar-refractivity contribution in [2.45, 2.75) is 32.9 Å². The fraction of sp³-hybridized carbons (Fsp3) is 0.312. The molecule has 0 bridgehead atoms. The van der Waals surface area contributed by atoms with Crippen molar-refractivity contribution in [3.63, 3.8) is 0 Å². The number of pyridine rings is 1. The molecule has 100 valence electrons. The summed E-state index contributed by atoms with van der Waals surface area (Å²) in [5.41, 5.74) is 1.37. The maximum absolute atomic E-state index is 5.70. The first-order valence-corrected chi connectivity index (χ1v) is 6.45. The minimum atomic E-state index is 0.130. The number of benzene rings is 1. The molecule has 3 nitrogen and oxygen atoms in total. The third-order valence-corrected chi connectivity index (χ3v) is 2.62. The van der Waals surface area contributed by atoms with E-state index in [9.17, 15) is 0 Å². The van der Waals surface area contributed by atoms with Crippen molar-refractivity contribution in [3.8, 4) is 11.5 Å².